The van der Waals surface area contributed by atoms with Crippen LogP contribution in [0, 0.1) is 0 Å². The van der Waals surface area contributed by atoms with Crippen molar-refractivity contribution in [3.8, 4) is 28.6 Å². The monoisotopic (exact) mass is 488 g/mol. The molecule has 1 saturated heterocycles. The molecule has 2 aromatic carbocycles. The Labute approximate surface area is 209 Å². The molecule has 36 heavy (non-hydrogen) atoms. The summed E-state index contributed by atoms with van der Waals surface area (Å²) in [7, 11) is 1.57. The second-order valence-corrected chi connectivity index (χ2v) is 8.69. The van der Waals surface area contributed by atoms with Crippen LogP contribution in [-0.4, -0.2) is 49.7 Å². The lowest BCUT2D eigenvalue weighted by atomic mass is 10.1. The summed E-state index contributed by atoms with van der Waals surface area (Å²) in [6, 6.07) is 17.0. The molecular weight excluding hydrogens is 460 g/mol. The predicted octanol–water partition coefficient (Wildman–Crippen LogP) is 3.21. The van der Waals surface area contributed by atoms with Gasteiger partial charge in [0.25, 0.3) is 0 Å². The van der Waals surface area contributed by atoms with Gasteiger partial charge in [0, 0.05) is 30.3 Å². The number of nitrogens with one attached hydrogen (secondary N) is 3. The second-order valence-electron chi connectivity index (χ2n) is 8.69. The van der Waals surface area contributed by atoms with Crippen LogP contribution in [0.4, 0.5) is 11.4 Å². The minimum Gasteiger partial charge on any atom is -0.486 e. The molecule has 9 nitrogen and oxygen atoms in total. The lowest BCUT2D eigenvalue weighted by Crippen LogP contribution is -2.45. The number of amides is 2. The summed E-state index contributed by atoms with van der Waals surface area (Å²) in [4.78, 5) is 28.8. The van der Waals surface area contributed by atoms with Crippen molar-refractivity contribution in [1.82, 2.24) is 15.6 Å². The normalized spacial score (nSPS) is 16.6. The molecule has 5 rings (SSSR count). The second kappa shape index (κ2) is 10.6. The summed E-state index contributed by atoms with van der Waals surface area (Å²) in [5.74, 6) is 1.68. The number of nitrogens with zero attached hydrogens (tertiary/aromatic N) is 1. The van der Waals surface area contributed by atoms with Crippen molar-refractivity contribution in [2.75, 3.05) is 32.2 Å². The summed E-state index contributed by atoms with van der Waals surface area (Å²) in [5, 5.41) is 9.07. The predicted molar refractivity (Wildman–Crippen MR) is 135 cm³/mol. The van der Waals surface area contributed by atoms with Gasteiger partial charge in [-0.1, -0.05) is 18.2 Å². The van der Waals surface area contributed by atoms with E-state index in [2.05, 4.69) is 16.0 Å². The number of hydrogen-bond acceptors (Lipinski definition) is 7. The Kier molecular flexibility index (Phi) is 6.88. The number of pyridine rings is 1. The van der Waals surface area contributed by atoms with Crippen LogP contribution >= 0.6 is 0 Å². The van der Waals surface area contributed by atoms with Gasteiger partial charge in [0.1, 0.15) is 18.9 Å². The number of rotatable bonds is 7. The third-order valence-electron chi connectivity index (χ3n) is 6.08. The summed E-state index contributed by atoms with van der Waals surface area (Å²) in [5.41, 5.74) is 3.90. The first-order valence-corrected chi connectivity index (χ1v) is 11.9. The number of carbonyl (C=O) groups is 2. The third-order valence-corrected chi connectivity index (χ3v) is 6.08. The number of benzene rings is 2. The van der Waals surface area contributed by atoms with Gasteiger partial charge in [0.2, 0.25) is 17.7 Å². The van der Waals surface area contributed by atoms with Crippen LogP contribution in [0.5, 0.6) is 17.4 Å². The number of carbonyl (C=O) groups excluding carboxylic acids is 2. The third kappa shape index (κ3) is 5.35. The lowest BCUT2D eigenvalue weighted by Gasteiger charge is -2.23. The van der Waals surface area contributed by atoms with Gasteiger partial charge in [-0.15, -0.1) is 0 Å². The van der Waals surface area contributed by atoms with Crippen LogP contribution in [-0.2, 0) is 16.0 Å². The number of aromatic nitrogens is 1. The van der Waals surface area contributed by atoms with E-state index < -0.39 is 0 Å². The van der Waals surface area contributed by atoms with Crippen molar-refractivity contribution in [2.24, 2.45) is 0 Å². The minimum absolute atomic E-state index is 0.0284. The summed E-state index contributed by atoms with van der Waals surface area (Å²) < 4.78 is 17.1. The highest BCUT2D eigenvalue weighted by atomic mass is 16.6. The number of hydrogen-bond donors (Lipinski definition) is 3. The molecule has 2 amide bonds. The van der Waals surface area contributed by atoms with Crippen LogP contribution in [0.2, 0.25) is 0 Å². The first-order valence-electron chi connectivity index (χ1n) is 11.9. The molecule has 0 radical (unpaired) electrons. The Morgan fingerprint density at radius 1 is 1.14 bits per heavy atom. The minimum atomic E-state index is -0.117. The Morgan fingerprint density at radius 2 is 2.00 bits per heavy atom. The molecule has 3 N–H and O–H groups in total. The van der Waals surface area contributed by atoms with E-state index in [1.807, 2.05) is 54.6 Å². The van der Waals surface area contributed by atoms with Crippen LogP contribution < -0.4 is 30.2 Å². The highest BCUT2D eigenvalue weighted by Crippen LogP contribution is 2.40. The summed E-state index contributed by atoms with van der Waals surface area (Å²) in [6.45, 7) is 1.60. The van der Waals surface area contributed by atoms with E-state index in [9.17, 15) is 9.59 Å². The molecule has 2 aliphatic rings. The van der Waals surface area contributed by atoms with Crippen LogP contribution in [0.15, 0.2) is 54.6 Å². The van der Waals surface area contributed by atoms with Gasteiger partial charge >= 0.3 is 0 Å². The molecule has 9 heteroatoms. The van der Waals surface area contributed by atoms with Crippen molar-refractivity contribution in [2.45, 2.75) is 25.3 Å². The highest BCUT2D eigenvalue weighted by Gasteiger charge is 2.21. The molecule has 186 valence electrons. The summed E-state index contributed by atoms with van der Waals surface area (Å²) in [6.07, 6.45) is 1.29. The van der Waals surface area contributed by atoms with E-state index in [4.69, 9.17) is 19.2 Å². The SMILES string of the molecule is COc1nc(-c2cccc3c2OCCO3)ccc1Nc1cccc(CC(=O)NC2CCNC(=O)C2)c1. The maximum absolute atomic E-state index is 12.5. The molecule has 0 spiro atoms. The van der Waals surface area contributed by atoms with Crippen LogP contribution in [0.1, 0.15) is 18.4 Å². The molecule has 1 atom stereocenters. The number of piperidine rings is 1. The molecule has 1 fully saturated rings. The standard InChI is InChI=1S/C27H28N4O5/c1-34-27-22(9-8-21(31-27)20-6-3-7-23-26(20)36-13-12-35-23)29-18-5-2-4-17(14-18)15-25(33)30-19-10-11-28-24(32)16-19/h2-9,14,19,29H,10-13,15-16H2,1H3,(H,28,32)(H,30,33). The fraction of sp³-hybridized carbons (Fsp3) is 0.296. The molecule has 1 aromatic heterocycles. The molecule has 1 unspecified atom stereocenters. The van der Waals surface area contributed by atoms with Gasteiger partial charge in [-0.3, -0.25) is 9.59 Å². The van der Waals surface area contributed by atoms with Gasteiger partial charge in [-0.25, -0.2) is 4.98 Å². The number of methoxy groups -OCH3 is 1. The number of fused-ring (bicyclic) bond motifs is 1. The Morgan fingerprint density at radius 3 is 2.86 bits per heavy atom. The van der Waals surface area contributed by atoms with E-state index in [-0.39, 0.29) is 24.3 Å². The molecule has 0 bridgehead atoms. The average Bonchev–Trinajstić information content (AvgIpc) is 2.89. The number of ether oxygens (including phenoxy) is 3. The molecule has 3 aromatic rings. The molecule has 2 aliphatic heterocycles. The fourth-order valence-corrected chi connectivity index (χ4v) is 4.40. The highest BCUT2D eigenvalue weighted by molar-refractivity contribution is 5.82. The number of anilines is 2. The maximum Gasteiger partial charge on any atom is 0.238 e. The molecule has 0 aliphatic carbocycles. The van der Waals surface area contributed by atoms with Crippen LogP contribution in [0.3, 0.4) is 0 Å². The fourth-order valence-electron chi connectivity index (χ4n) is 4.40. The van der Waals surface area contributed by atoms with E-state index >= 15 is 0 Å². The van der Waals surface area contributed by atoms with E-state index in [0.29, 0.717) is 54.9 Å². The largest absolute Gasteiger partial charge is 0.486 e. The van der Waals surface area contributed by atoms with Crippen molar-refractivity contribution >= 4 is 23.2 Å². The first kappa shape index (κ1) is 23.5. The topological polar surface area (TPSA) is 111 Å². The Bertz CT molecular complexity index is 1280. The van der Waals surface area contributed by atoms with Gasteiger partial charge in [-0.2, -0.15) is 0 Å². The van der Waals surface area contributed by atoms with Crippen LogP contribution in [0.25, 0.3) is 11.3 Å². The maximum atomic E-state index is 12.5. The zero-order valence-electron chi connectivity index (χ0n) is 20.0. The Hall–Kier alpha value is -4.27. The first-order chi connectivity index (χ1) is 17.6. The van der Waals surface area contributed by atoms with Gasteiger partial charge < -0.3 is 30.2 Å². The quantitative estimate of drug-likeness (QED) is 0.468. The Balaban J connectivity index is 1.29. The van der Waals surface area contributed by atoms with E-state index in [1.54, 1.807) is 7.11 Å². The smallest absolute Gasteiger partial charge is 0.238 e. The van der Waals surface area contributed by atoms with Crippen molar-refractivity contribution in [3.63, 3.8) is 0 Å². The zero-order valence-corrected chi connectivity index (χ0v) is 20.0. The molecule has 3 heterocycles. The zero-order chi connectivity index (χ0) is 24.9. The lowest BCUT2D eigenvalue weighted by molar-refractivity contribution is -0.124. The van der Waals surface area contributed by atoms with Gasteiger partial charge in [0.05, 0.1) is 19.2 Å². The number of para-hydroxylation sites is 1. The van der Waals surface area contributed by atoms with E-state index in [1.165, 1.54) is 0 Å². The summed E-state index contributed by atoms with van der Waals surface area (Å²) >= 11 is 0. The van der Waals surface area contributed by atoms with Crippen molar-refractivity contribution in [3.05, 3.63) is 60.2 Å². The van der Waals surface area contributed by atoms with Crippen molar-refractivity contribution < 1.29 is 23.8 Å². The van der Waals surface area contributed by atoms with Gasteiger partial charge in [-0.05, 0) is 48.4 Å². The molecular formula is C27H28N4O5. The van der Waals surface area contributed by atoms with Crippen molar-refractivity contribution in [1.29, 1.82) is 0 Å². The average molecular weight is 489 g/mol. The molecule has 0 saturated carbocycles. The van der Waals surface area contributed by atoms with Gasteiger partial charge in [0.15, 0.2) is 11.5 Å². The van der Waals surface area contributed by atoms with E-state index in [0.717, 1.165) is 23.2 Å².